The van der Waals surface area contributed by atoms with Crippen LogP contribution in [0.15, 0.2) is 24.3 Å². The number of benzene rings is 1. The summed E-state index contributed by atoms with van der Waals surface area (Å²) in [5.74, 6) is 1.17. The molecule has 0 unspecified atom stereocenters. The molecule has 0 radical (unpaired) electrons. The maximum Gasteiger partial charge on any atom is 0.137 e. The quantitative estimate of drug-likeness (QED) is 0.836. The summed E-state index contributed by atoms with van der Waals surface area (Å²) in [6.45, 7) is 0.520. The first-order chi connectivity index (χ1) is 8.79. The summed E-state index contributed by atoms with van der Waals surface area (Å²) in [5.41, 5.74) is 7.90. The zero-order chi connectivity index (χ0) is 12.8. The molecule has 1 saturated carbocycles. The summed E-state index contributed by atoms with van der Waals surface area (Å²) in [6.07, 6.45) is 7.75. The van der Waals surface area contributed by atoms with Gasteiger partial charge in [-0.15, -0.1) is 0 Å². The SMILES string of the molecule is NCc1ccccc1CC(=O)CCC1CCCC1. The first-order valence-corrected chi connectivity index (χ1v) is 7.08. The number of ketones is 1. The van der Waals surface area contributed by atoms with Gasteiger partial charge in [0, 0.05) is 19.4 Å². The molecule has 2 rings (SSSR count). The Morgan fingerprint density at radius 3 is 2.50 bits per heavy atom. The minimum Gasteiger partial charge on any atom is -0.326 e. The molecule has 0 bridgehead atoms. The van der Waals surface area contributed by atoms with Gasteiger partial charge in [-0.05, 0) is 23.5 Å². The molecule has 0 spiro atoms. The van der Waals surface area contributed by atoms with E-state index in [4.69, 9.17) is 5.73 Å². The van der Waals surface area contributed by atoms with Crippen LogP contribution in [0.2, 0.25) is 0 Å². The van der Waals surface area contributed by atoms with Gasteiger partial charge in [0.1, 0.15) is 5.78 Å². The Hall–Kier alpha value is -1.15. The fraction of sp³-hybridized carbons (Fsp3) is 0.562. The Morgan fingerprint density at radius 2 is 1.83 bits per heavy atom. The molecule has 0 atom stereocenters. The zero-order valence-electron chi connectivity index (χ0n) is 11.0. The van der Waals surface area contributed by atoms with E-state index >= 15 is 0 Å². The highest BCUT2D eigenvalue weighted by molar-refractivity contribution is 5.81. The summed E-state index contributed by atoms with van der Waals surface area (Å²) >= 11 is 0. The van der Waals surface area contributed by atoms with Crippen molar-refractivity contribution < 1.29 is 4.79 Å². The van der Waals surface area contributed by atoms with Crippen LogP contribution in [0.5, 0.6) is 0 Å². The van der Waals surface area contributed by atoms with Crippen LogP contribution in [0.3, 0.4) is 0 Å². The van der Waals surface area contributed by atoms with Gasteiger partial charge in [-0.1, -0.05) is 49.9 Å². The van der Waals surface area contributed by atoms with Crippen LogP contribution in [-0.4, -0.2) is 5.78 Å². The molecule has 0 aromatic heterocycles. The van der Waals surface area contributed by atoms with Crippen molar-refractivity contribution in [1.29, 1.82) is 0 Å². The minimum atomic E-state index is 0.364. The van der Waals surface area contributed by atoms with Crippen molar-refractivity contribution in [2.24, 2.45) is 11.7 Å². The lowest BCUT2D eigenvalue weighted by atomic mass is 9.96. The Kier molecular flexibility index (Phi) is 4.94. The van der Waals surface area contributed by atoms with Crippen LogP contribution in [0.4, 0.5) is 0 Å². The molecule has 1 aromatic carbocycles. The number of rotatable bonds is 6. The molecular weight excluding hydrogens is 222 g/mol. The van der Waals surface area contributed by atoms with Gasteiger partial charge in [0.2, 0.25) is 0 Å². The molecule has 0 heterocycles. The highest BCUT2D eigenvalue weighted by atomic mass is 16.1. The first kappa shape index (κ1) is 13.3. The maximum absolute atomic E-state index is 12.0. The van der Waals surface area contributed by atoms with Crippen molar-refractivity contribution in [3.63, 3.8) is 0 Å². The predicted octanol–water partition coefficient (Wildman–Crippen LogP) is 3.23. The summed E-state index contributed by atoms with van der Waals surface area (Å²) in [4.78, 5) is 12.0. The fourth-order valence-electron chi connectivity index (χ4n) is 2.89. The van der Waals surface area contributed by atoms with Gasteiger partial charge in [0.25, 0.3) is 0 Å². The van der Waals surface area contributed by atoms with Crippen molar-refractivity contribution >= 4 is 5.78 Å². The van der Waals surface area contributed by atoms with Crippen molar-refractivity contribution in [3.8, 4) is 0 Å². The largest absolute Gasteiger partial charge is 0.326 e. The van der Waals surface area contributed by atoms with Crippen LogP contribution in [0.25, 0.3) is 0 Å². The molecule has 0 saturated heterocycles. The van der Waals surface area contributed by atoms with E-state index < -0.39 is 0 Å². The zero-order valence-corrected chi connectivity index (χ0v) is 11.0. The van der Waals surface area contributed by atoms with Crippen LogP contribution in [0, 0.1) is 5.92 Å². The number of hydrogen-bond acceptors (Lipinski definition) is 2. The number of Topliss-reactive ketones (excluding diaryl/α,β-unsaturated/α-hetero) is 1. The van der Waals surface area contributed by atoms with Crippen molar-refractivity contribution in [2.45, 2.75) is 51.5 Å². The molecule has 2 nitrogen and oxygen atoms in total. The van der Waals surface area contributed by atoms with Gasteiger partial charge in [0.05, 0.1) is 0 Å². The molecule has 18 heavy (non-hydrogen) atoms. The molecule has 2 heteroatoms. The van der Waals surface area contributed by atoms with Gasteiger partial charge >= 0.3 is 0 Å². The summed E-state index contributed by atoms with van der Waals surface area (Å²) in [7, 11) is 0. The van der Waals surface area contributed by atoms with E-state index in [1.165, 1.54) is 25.7 Å². The van der Waals surface area contributed by atoms with Gasteiger partial charge in [-0.3, -0.25) is 4.79 Å². The highest BCUT2D eigenvalue weighted by Gasteiger charge is 2.16. The Bertz CT molecular complexity index is 394. The van der Waals surface area contributed by atoms with Crippen molar-refractivity contribution in [3.05, 3.63) is 35.4 Å². The van der Waals surface area contributed by atoms with Gasteiger partial charge in [0.15, 0.2) is 0 Å². The third kappa shape index (κ3) is 3.67. The summed E-state index contributed by atoms with van der Waals surface area (Å²) < 4.78 is 0. The van der Waals surface area contributed by atoms with Gasteiger partial charge < -0.3 is 5.73 Å². The second kappa shape index (κ2) is 6.69. The third-order valence-electron chi connectivity index (χ3n) is 4.03. The van der Waals surface area contributed by atoms with Crippen LogP contribution < -0.4 is 5.73 Å². The standard InChI is InChI=1S/C16H23NO/c17-12-15-8-4-3-7-14(15)11-16(18)10-9-13-5-1-2-6-13/h3-4,7-8,13H,1-2,5-6,9-12,17H2. The van der Waals surface area contributed by atoms with Gasteiger partial charge in [-0.25, -0.2) is 0 Å². The lowest BCUT2D eigenvalue weighted by Gasteiger charge is -2.09. The molecule has 1 aliphatic rings. The molecule has 0 amide bonds. The second-order valence-corrected chi connectivity index (χ2v) is 5.38. The van der Waals surface area contributed by atoms with E-state index in [1.807, 2.05) is 24.3 Å². The number of hydrogen-bond donors (Lipinski definition) is 1. The number of nitrogens with two attached hydrogens (primary N) is 1. The molecule has 2 N–H and O–H groups in total. The molecule has 1 aromatic rings. The van der Waals surface area contributed by atoms with E-state index in [9.17, 15) is 4.79 Å². The van der Waals surface area contributed by atoms with Crippen LogP contribution >= 0.6 is 0 Å². The van der Waals surface area contributed by atoms with E-state index in [0.717, 1.165) is 29.9 Å². The van der Waals surface area contributed by atoms with Crippen LogP contribution in [-0.2, 0) is 17.8 Å². The smallest absolute Gasteiger partial charge is 0.137 e. The first-order valence-electron chi connectivity index (χ1n) is 7.08. The lowest BCUT2D eigenvalue weighted by Crippen LogP contribution is -2.09. The normalized spacial score (nSPS) is 16.1. The van der Waals surface area contributed by atoms with Gasteiger partial charge in [-0.2, -0.15) is 0 Å². The average Bonchev–Trinajstić information content (AvgIpc) is 2.90. The number of carbonyl (C=O) groups is 1. The summed E-state index contributed by atoms with van der Waals surface area (Å²) in [6, 6.07) is 8.00. The molecule has 0 aliphatic heterocycles. The topological polar surface area (TPSA) is 43.1 Å². The Morgan fingerprint density at radius 1 is 1.17 bits per heavy atom. The maximum atomic E-state index is 12.0. The monoisotopic (exact) mass is 245 g/mol. The Labute approximate surface area is 110 Å². The molecular formula is C16H23NO. The molecule has 1 aliphatic carbocycles. The van der Waals surface area contributed by atoms with Crippen molar-refractivity contribution in [2.75, 3.05) is 0 Å². The lowest BCUT2D eigenvalue weighted by molar-refractivity contribution is -0.118. The molecule has 98 valence electrons. The highest BCUT2D eigenvalue weighted by Crippen LogP contribution is 2.28. The van der Waals surface area contributed by atoms with E-state index in [2.05, 4.69) is 0 Å². The number of carbonyl (C=O) groups excluding carboxylic acids is 1. The second-order valence-electron chi connectivity index (χ2n) is 5.38. The van der Waals surface area contributed by atoms with E-state index in [1.54, 1.807) is 0 Å². The minimum absolute atomic E-state index is 0.364. The van der Waals surface area contributed by atoms with Crippen LogP contribution in [0.1, 0.15) is 49.7 Å². The summed E-state index contributed by atoms with van der Waals surface area (Å²) in [5, 5.41) is 0. The fourth-order valence-corrected chi connectivity index (χ4v) is 2.89. The van der Waals surface area contributed by atoms with Crippen molar-refractivity contribution in [1.82, 2.24) is 0 Å². The Balaban J connectivity index is 1.82. The van der Waals surface area contributed by atoms with E-state index in [-0.39, 0.29) is 0 Å². The third-order valence-corrected chi connectivity index (χ3v) is 4.03. The predicted molar refractivity (Wildman–Crippen MR) is 74.2 cm³/mol. The molecule has 1 fully saturated rings. The van der Waals surface area contributed by atoms with E-state index in [0.29, 0.717) is 18.7 Å². The average molecular weight is 245 g/mol.